The number of urea groups is 1. The molecule has 3 aliphatic rings. The van der Waals surface area contributed by atoms with E-state index in [1.54, 1.807) is 29.2 Å². The average molecular weight is 461 g/mol. The molecule has 6 nitrogen and oxygen atoms in total. The Morgan fingerprint density at radius 2 is 1.74 bits per heavy atom. The highest BCUT2D eigenvalue weighted by molar-refractivity contribution is 6.01. The fourth-order valence-electron chi connectivity index (χ4n) is 5.30. The number of benzene rings is 2. The van der Waals surface area contributed by atoms with E-state index in [4.69, 9.17) is 0 Å². The molecular formula is C27H29FN4O2. The molecule has 2 aromatic carbocycles. The lowest BCUT2D eigenvalue weighted by molar-refractivity contribution is -0.128. The number of piperidine rings is 1. The number of likely N-dealkylation sites (tertiary alicyclic amines) is 1. The van der Waals surface area contributed by atoms with Gasteiger partial charge < -0.3 is 10.2 Å². The topological polar surface area (TPSA) is 55.9 Å². The standard InChI is InChI=1S/C27H29FN4O2/c1-2-14-31-23-18-32(20-12-15-30(16-13-20)17-19-8-4-3-5-9-19)26(33)24(23)25(29-27(31)34)21-10-6-7-11-22(21)28/h2-11,20,25H,1,12-18H2,(H,29,34). The Morgan fingerprint density at radius 1 is 1.03 bits per heavy atom. The first kappa shape index (κ1) is 22.3. The molecule has 3 aliphatic heterocycles. The molecule has 0 bridgehead atoms. The lowest BCUT2D eigenvalue weighted by atomic mass is 9.95. The van der Waals surface area contributed by atoms with Crippen molar-refractivity contribution < 1.29 is 14.0 Å². The molecule has 2 aromatic rings. The van der Waals surface area contributed by atoms with E-state index in [0.717, 1.165) is 32.5 Å². The number of nitrogens with one attached hydrogen (secondary N) is 1. The van der Waals surface area contributed by atoms with Gasteiger partial charge in [0.25, 0.3) is 5.91 Å². The van der Waals surface area contributed by atoms with Gasteiger partial charge in [-0.15, -0.1) is 6.58 Å². The van der Waals surface area contributed by atoms with Gasteiger partial charge >= 0.3 is 6.03 Å². The second kappa shape index (κ2) is 9.43. The molecule has 0 radical (unpaired) electrons. The Labute approximate surface area is 199 Å². The summed E-state index contributed by atoms with van der Waals surface area (Å²) in [6, 6.07) is 15.7. The highest BCUT2D eigenvalue weighted by Gasteiger charge is 2.46. The van der Waals surface area contributed by atoms with Gasteiger partial charge in [-0.05, 0) is 24.5 Å². The molecule has 0 saturated carbocycles. The third kappa shape index (κ3) is 4.12. The third-order valence-electron chi connectivity index (χ3n) is 7.02. The summed E-state index contributed by atoms with van der Waals surface area (Å²) >= 11 is 0. The lowest BCUT2D eigenvalue weighted by Gasteiger charge is -2.37. The van der Waals surface area contributed by atoms with Gasteiger partial charge in [0.15, 0.2) is 0 Å². The first-order chi connectivity index (χ1) is 16.6. The van der Waals surface area contributed by atoms with Gasteiger partial charge in [-0.3, -0.25) is 14.6 Å². The van der Waals surface area contributed by atoms with Gasteiger partial charge in [0.1, 0.15) is 5.82 Å². The van der Waals surface area contributed by atoms with Crippen molar-refractivity contribution in [2.24, 2.45) is 0 Å². The van der Waals surface area contributed by atoms with E-state index in [1.165, 1.54) is 11.6 Å². The summed E-state index contributed by atoms with van der Waals surface area (Å²) in [5.74, 6) is -0.545. The van der Waals surface area contributed by atoms with Crippen LogP contribution in [0.5, 0.6) is 0 Å². The number of halogens is 1. The van der Waals surface area contributed by atoms with Crippen LogP contribution in [0.25, 0.3) is 0 Å². The van der Waals surface area contributed by atoms with Crippen molar-refractivity contribution in [3.8, 4) is 0 Å². The van der Waals surface area contributed by atoms with Crippen molar-refractivity contribution in [1.29, 1.82) is 0 Å². The molecule has 0 aliphatic carbocycles. The van der Waals surface area contributed by atoms with E-state index in [0.29, 0.717) is 29.9 Å². The molecule has 3 amide bonds. The number of rotatable bonds is 6. The number of nitrogens with zero attached hydrogens (tertiary/aromatic N) is 3. The highest BCUT2D eigenvalue weighted by atomic mass is 19.1. The van der Waals surface area contributed by atoms with E-state index >= 15 is 0 Å². The van der Waals surface area contributed by atoms with Crippen LogP contribution in [0, 0.1) is 5.82 Å². The number of hydrogen-bond acceptors (Lipinski definition) is 3. The minimum Gasteiger partial charge on any atom is -0.330 e. The fourth-order valence-corrected chi connectivity index (χ4v) is 5.30. The quantitative estimate of drug-likeness (QED) is 0.667. The molecule has 1 unspecified atom stereocenters. The van der Waals surface area contributed by atoms with Crippen LogP contribution in [0.1, 0.15) is 30.0 Å². The molecule has 5 rings (SSSR count). The zero-order chi connectivity index (χ0) is 23.7. The van der Waals surface area contributed by atoms with Crippen molar-refractivity contribution in [1.82, 2.24) is 20.0 Å². The van der Waals surface area contributed by atoms with Crippen molar-refractivity contribution in [2.45, 2.75) is 31.5 Å². The summed E-state index contributed by atoms with van der Waals surface area (Å²) in [4.78, 5) is 32.4. The molecule has 1 fully saturated rings. The number of amides is 3. The molecule has 34 heavy (non-hydrogen) atoms. The van der Waals surface area contributed by atoms with Gasteiger partial charge in [0, 0.05) is 37.8 Å². The van der Waals surface area contributed by atoms with Gasteiger partial charge in [-0.1, -0.05) is 54.6 Å². The maximum atomic E-state index is 14.7. The van der Waals surface area contributed by atoms with E-state index in [1.807, 2.05) is 11.0 Å². The first-order valence-electron chi connectivity index (χ1n) is 11.8. The number of carbonyl (C=O) groups excluding carboxylic acids is 2. The van der Waals surface area contributed by atoms with Gasteiger partial charge in [0.05, 0.1) is 23.9 Å². The summed E-state index contributed by atoms with van der Waals surface area (Å²) in [5, 5.41) is 2.85. The van der Waals surface area contributed by atoms with Gasteiger partial charge in [-0.2, -0.15) is 0 Å². The monoisotopic (exact) mass is 460 g/mol. The van der Waals surface area contributed by atoms with Crippen LogP contribution in [-0.2, 0) is 11.3 Å². The fraction of sp³-hybridized carbons (Fsp3) is 0.333. The average Bonchev–Trinajstić information content (AvgIpc) is 3.19. The molecule has 7 heteroatoms. The first-order valence-corrected chi connectivity index (χ1v) is 11.8. The third-order valence-corrected chi connectivity index (χ3v) is 7.02. The van der Waals surface area contributed by atoms with E-state index in [2.05, 4.69) is 41.1 Å². The second-order valence-corrected chi connectivity index (χ2v) is 9.09. The zero-order valence-electron chi connectivity index (χ0n) is 19.1. The van der Waals surface area contributed by atoms with Crippen LogP contribution in [0.3, 0.4) is 0 Å². The normalized spacial score (nSPS) is 21.6. The van der Waals surface area contributed by atoms with E-state index in [-0.39, 0.29) is 18.0 Å². The predicted molar refractivity (Wildman–Crippen MR) is 128 cm³/mol. The molecule has 176 valence electrons. The largest absolute Gasteiger partial charge is 0.330 e. The SMILES string of the molecule is C=CCN1C(=O)NC(c2ccccc2F)C2=C1CN(C1CCN(Cc3ccccc3)CC1)C2=O. The number of carbonyl (C=O) groups is 2. The highest BCUT2D eigenvalue weighted by Crippen LogP contribution is 2.38. The smallest absolute Gasteiger partial charge is 0.322 e. The summed E-state index contributed by atoms with van der Waals surface area (Å²) < 4.78 is 14.7. The Kier molecular flexibility index (Phi) is 6.20. The summed E-state index contributed by atoms with van der Waals surface area (Å²) in [6.45, 7) is 7.12. The van der Waals surface area contributed by atoms with E-state index < -0.39 is 11.9 Å². The van der Waals surface area contributed by atoms with Gasteiger partial charge in [-0.25, -0.2) is 9.18 Å². The molecule has 1 saturated heterocycles. The lowest BCUT2D eigenvalue weighted by Crippen LogP contribution is -2.47. The van der Waals surface area contributed by atoms with Gasteiger partial charge in [0.2, 0.25) is 0 Å². The van der Waals surface area contributed by atoms with Crippen molar-refractivity contribution in [3.63, 3.8) is 0 Å². The maximum Gasteiger partial charge on any atom is 0.322 e. The predicted octanol–water partition coefficient (Wildman–Crippen LogP) is 3.84. The van der Waals surface area contributed by atoms with Crippen LogP contribution >= 0.6 is 0 Å². The molecular weight excluding hydrogens is 431 g/mol. The molecule has 1 atom stereocenters. The minimum atomic E-state index is -0.791. The van der Waals surface area contributed by atoms with Crippen molar-refractivity contribution >= 4 is 11.9 Å². The summed E-state index contributed by atoms with van der Waals surface area (Å²) in [5.41, 5.74) is 2.73. The Hall–Kier alpha value is -3.45. The molecule has 0 spiro atoms. The van der Waals surface area contributed by atoms with Crippen LogP contribution in [0.2, 0.25) is 0 Å². The van der Waals surface area contributed by atoms with Crippen molar-refractivity contribution in [2.75, 3.05) is 26.2 Å². The van der Waals surface area contributed by atoms with Crippen LogP contribution < -0.4 is 5.32 Å². The van der Waals surface area contributed by atoms with Crippen LogP contribution in [0.4, 0.5) is 9.18 Å². The van der Waals surface area contributed by atoms with E-state index in [9.17, 15) is 14.0 Å². The summed E-state index contributed by atoms with van der Waals surface area (Å²) in [7, 11) is 0. The molecule has 0 aromatic heterocycles. The minimum absolute atomic E-state index is 0.0899. The van der Waals surface area contributed by atoms with Crippen molar-refractivity contribution in [3.05, 3.63) is 95.5 Å². The number of hydrogen-bond donors (Lipinski definition) is 1. The summed E-state index contributed by atoms with van der Waals surface area (Å²) in [6.07, 6.45) is 3.38. The Bertz CT molecular complexity index is 1120. The van der Waals surface area contributed by atoms with Crippen LogP contribution in [-0.4, -0.2) is 58.9 Å². The zero-order valence-corrected chi connectivity index (χ0v) is 19.1. The Morgan fingerprint density at radius 3 is 2.44 bits per heavy atom. The molecule has 1 N–H and O–H groups in total. The van der Waals surface area contributed by atoms with Crippen LogP contribution in [0.15, 0.2) is 78.5 Å². The Balaban J connectivity index is 1.35. The second-order valence-electron chi connectivity index (χ2n) is 9.09. The maximum absolute atomic E-state index is 14.7. The molecule has 3 heterocycles.